The van der Waals surface area contributed by atoms with E-state index in [-0.39, 0.29) is 5.56 Å². The lowest BCUT2D eigenvalue weighted by Gasteiger charge is -2.06. The molecule has 0 atom stereocenters. The SMILES string of the molecule is O=C(NCCc1nnc2ccccn12)c1cc(Cl)ccc1F. The lowest BCUT2D eigenvalue weighted by Crippen LogP contribution is -2.27. The summed E-state index contributed by atoms with van der Waals surface area (Å²) in [6, 6.07) is 9.46. The molecule has 2 aromatic heterocycles. The van der Waals surface area contributed by atoms with Gasteiger partial charge in [0, 0.05) is 24.2 Å². The maximum atomic E-state index is 13.6. The average molecular weight is 319 g/mol. The van der Waals surface area contributed by atoms with Crippen LogP contribution in [0.2, 0.25) is 5.02 Å². The van der Waals surface area contributed by atoms with Gasteiger partial charge in [-0.15, -0.1) is 10.2 Å². The van der Waals surface area contributed by atoms with E-state index in [0.717, 1.165) is 11.5 Å². The van der Waals surface area contributed by atoms with Crippen LogP contribution in [0, 0.1) is 5.82 Å². The molecule has 22 heavy (non-hydrogen) atoms. The van der Waals surface area contributed by atoms with Crippen LogP contribution in [0.3, 0.4) is 0 Å². The van der Waals surface area contributed by atoms with Gasteiger partial charge in [-0.2, -0.15) is 0 Å². The topological polar surface area (TPSA) is 59.3 Å². The highest BCUT2D eigenvalue weighted by Gasteiger charge is 2.12. The molecule has 0 spiro atoms. The number of pyridine rings is 1. The van der Waals surface area contributed by atoms with E-state index in [1.54, 1.807) is 0 Å². The first kappa shape index (κ1) is 14.5. The molecule has 1 aromatic carbocycles. The van der Waals surface area contributed by atoms with Gasteiger partial charge in [0.05, 0.1) is 5.56 Å². The Morgan fingerprint density at radius 2 is 2.14 bits per heavy atom. The summed E-state index contributed by atoms with van der Waals surface area (Å²) in [5.41, 5.74) is 0.670. The highest BCUT2D eigenvalue weighted by atomic mass is 35.5. The highest BCUT2D eigenvalue weighted by Crippen LogP contribution is 2.14. The summed E-state index contributed by atoms with van der Waals surface area (Å²) >= 11 is 5.77. The van der Waals surface area contributed by atoms with Crippen molar-refractivity contribution in [2.24, 2.45) is 0 Å². The zero-order chi connectivity index (χ0) is 15.5. The van der Waals surface area contributed by atoms with Crippen molar-refractivity contribution < 1.29 is 9.18 Å². The second-order valence-electron chi connectivity index (χ2n) is 4.68. The number of hydrogen-bond acceptors (Lipinski definition) is 3. The number of benzene rings is 1. The van der Waals surface area contributed by atoms with Crippen molar-refractivity contribution in [2.75, 3.05) is 6.54 Å². The van der Waals surface area contributed by atoms with Gasteiger partial charge in [-0.25, -0.2) is 4.39 Å². The maximum Gasteiger partial charge on any atom is 0.254 e. The number of aromatic nitrogens is 3. The van der Waals surface area contributed by atoms with Crippen LogP contribution in [0.5, 0.6) is 0 Å². The molecule has 0 bridgehead atoms. The number of halogens is 2. The third-order valence-electron chi connectivity index (χ3n) is 3.19. The first-order valence-corrected chi connectivity index (χ1v) is 7.05. The van der Waals surface area contributed by atoms with E-state index in [9.17, 15) is 9.18 Å². The molecular formula is C15H12ClFN4O. The van der Waals surface area contributed by atoms with Crippen LogP contribution in [0.1, 0.15) is 16.2 Å². The number of carbonyl (C=O) groups is 1. The molecule has 5 nitrogen and oxygen atoms in total. The molecule has 2 heterocycles. The fourth-order valence-electron chi connectivity index (χ4n) is 2.12. The molecular weight excluding hydrogens is 307 g/mol. The first-order valence-electron chi connectivity index (χ1n) is 6.67. The van der Waals surface area contributed by atoms with Crippen molar-refractivity contribution in [1.29, 1.82) is 0 Å². The molecule has 0 aliphatic heterocycles. The summed E-state index contributed by atoms with van der Waals surface area (Å²) < 4.78 is 15.4. The Hall–Kier alpha value is -2.47. The Kier molecular flexibility index (Phi) is 4.02. The van der Waals surface area contributed by atoms with Crippen LogP contribution < -0.4 is 5.32 Å². The number of hydrogen-bond donors (Lipinski definition) is 1. The Balaban J connectivity index is 1.65. The van der Waals surface area contributed by atoms with Crippen LogP contribution in [0.15, 0.2) is 42.6 Å². The van der Waals surface area contributed by atoms with Crippen molar-refractivity contribution in [3.8, 4) is 0 Å². The van der Waals surface area contributed by atoms with Crippen LogP contribution in [0.25, 0.3) is 5.65 Å². The monoisotopic (exact) mass is 318 g/mol. The number of rotatable bonds is 4. The predicted octanol–water partition coefficient (Wildman–Crippen LogP) is 2.49. The van der Waals surface area contributed by atoms with Crippen molar-refractivity contribution in [3.63, 3.8) is 0 Å². The van der Waals surface area contributed by atoms with E-state index in [1.165, 1.54) is 18.2 Å². The normalized spacial score (nSPS) is 10.8. The molecule has 0 radical (unpaired) electrons. The summed E-state index contributed by atoms with van der Waals surface area (Å²) in [4.78, 5) is 12.0. The summed E-state index contributed by atoms with van der Waals surface area (Å²) in [7, 11) is 0. The van der Waals surface area contributed by atoms with Gasteiger partial charge in [0.15, 0.2) is 5.65 Å². The lowest BCUT2D eigenvalue weighted by atomic mass is 10.2. The van der Waals surface area contributed by atoms with Gasteiger partial charge in [0.1, 0.15) is 11.6 Å². The van der Waals surface area contributed by atoms with Crippen LogP contribution in [0.4, 0.5) is 4.39 Å². The van der Waals surface area contributed by atoms with Crippen molar-refractivity contribution >= 4 is 23.2 Å². The van der Waals surface area contributed by atoms with Crippen LogP contribution in [-0.4, -0.2) is 27.0 Å². The Bertz CT molecular complexity index is 833. The molecule has 0 saturated carbocycles. The minimum atomic E-state index is -0.602. The summed E-state index contributed by atoms with van der Waals surface area (Å²) in [5, 5.41) is 11.1. The van der Waals surface area contributed by atoms with Crippen molar-refractivity contribution in [2.45, 2.75) is 6.42 Å². The molecule has 0 fully saturated rings. The first-order chi connectivity index (χ1) is 10.6. The van der Waals surface area contributed by atoms with Gasteiger partial charge in [-0.3, -0.25) is 9.20 Å². The van der Waals surface area contributed by atoms with Crippen molar-refractivity contribution in [1.82, 2.24) is 19.9 Å². The summed E-state index contributed by atoms with van der Waals surface area (Å²) in [6.45, 7) is 0.320. The van der Waals surface area contributed by atoms with Gasteiger partial charge in [-0.1, -0.05) is 17.7 Å². The number of fused-ring (bicyclic) bond motifs is 1. The third kappa shape index (κ3) is 2.92. The molecule has 3 aromatic rings. The molecule has 7 heteroatoms. The number of nitrogens with zero attached hydrogens (tertiary/aromatic N) is 3. The number of carbonyl (C=O) groups excluding carboxylic acids is 1. The smallest absolute Gasteiger partial charge is 0.254 e. The van der Waals surface area contributed by atoms with E-state index >= 15 is 0 Å². The second-order valence-corrected chi connectivity index (χ2v) is 5.11. The molecule has 0 unspecified atom stereocenters. The molecule has 1 amide bonds. The summed E-state index contributed by atoms with van der Waals surface area (Å²) in [5.74, 6) is -0.383. The molecule has 112 valence electrons. The second kappa shape index (κ2) is 6.11. The minimum Gasteiger partial charge on any atom is -0.351 e. The van der Waals surface area contributed by atoms with E-state index < -0.39 is 11.7 Å². The van der Waals surface area contributed by atoms with Gasteiger partial charge in [0.2, 0.25) is 0 Å². The Morgan fingerprint density at radius 3 is 3.00 bits per heavy atom. The van der Waals surface area contributed by atoms with Gasteiger partial charge in [0.25, 0.3) is 5.91 Å². The zero-order valence-corrected chi connectivity index (χ0v) is 12.2. The number of amides is 1. The van der Waals surface area contributed by atoms with Gasteiger partial charge >= 0.3 is 0 Å². The summed E-state index contributed by atoms with van der Waals surface area (Å²) in [6.07, 6.45) is 2.34. The largest absolute Gasteiger partial charge is 0.351 e. The van der Waals surface area contributed by atoms with Crippen LogP contribution >= 0.6 is 11.6 Å². The van der Waals surface area contributed by atoms with Gasteiger partial charge in [-0.05, 0) is 30.3 Å². The Labute approximate surface area is 130 Å². The molecule has 1 N–H and O–H groups in total. The third-order valence-corrected chi connectivity index (χ3v) is 3.43. The fraction of sp³-hybridized carbons (Fsp3) is 0.133. The lowest BCUT2D eigenvalue weighted by molar-refractivity contribution is 0.0950. The van der Waals surface area contributed by atoms with E-state index in [1.807, 2.05) is 28.8 Å². The van der Waals surface area contributed by atoms with E-state index in [2.05, 4.69) is 15.5 Å². The minimum absolute atomic E-state index is 0.0707. The van der Waals surface area contributed by atoms with Crippen molar-refractivity contribution in [3.05, 3.63) is 64.8 Å². The molecule has 0 aliphatic rings. The number of nitrogens with one attached hydrogen (secondary N) is 1. The molecule has 0 aliphatic carbocycles. The van der Waals surface area contributed by atoms with Gasteiger partial charge < -0.3 is 5.32 Å². The van der Waals surface area contributed by atoms with E-state index in [4.69, 9.17) is 11.6 Å². The van der Waals surface area contributed by atoms with Crippen LogP contribution in [-0.2, 0) is 6.42 Å². The predicted molar refractivity (Wildman–Crippen MR) is 80.4 cm³/mol. The quantitative estimate of drug-likeness (QED) is 0.804. The molecule has 0 saturated heterocycles. The average Bonchev–Trinajstić information content (AvgIpc) is 2.93. The standard InChI is InChI=1S/C15H12ClFN4O/c16-10-4-5-12(17)11(9-10)15(22)18-7-6-14-20-19-13-3-1-2-8-21(13)14/h1-5,8-9H,6-7H2,(H,18,22). The fourth-order valence-corrected chi connectivity index (χ4v) is 2.29. The highest BCUT2D eigenvalue weighted by molar-refractivity contribution is 6.31. The van der Waals surface area contributed by atoms with E-state index in [0.29, 0.717) is 18.0 Å². The Morgan fingerprint density at radius 1 is 1.27 bits per heavy atom. The molecule has 3 rings (SSSR count). The maximum absolute atomic E-state index is 13.6. The zero-order valence-electron chi connectivity index (χ0n) is 11.5.